The van der Waals surface area contributed by atoms with Gasteiger partial charge in [0, 0.05) is 49.3 Å². The molecule has 0 unspecified atom stereocenters. The summed E-state index contributed by atoms with van der Waals surface area (Å²) in [6.07, 6.45) is 3.68. The van der Waals surface area contributed by atoms with Crippen LogP contribution in [-0.2, 0) is 4.79 Å². The Kier molecular flexibility index (Phi) is 9.13. The Labute approximate surface area is 197 Å². The van der Waals surface area contributed by atoms with Crippen molar-refractivity contribution < 1.29 is 9.18 Å². The van der Waals surface area contributed by atoms with Crippen LogP contribution in [0.2, 0.25) is 5.02 Å². The fourth-order valence-corrected chi connectivity index (χ4v) is 3.60. The van der Waals surface area contributed by atoms with Crippen LogP contribution in [0.15, 0.2) is 60.9 Å². The van der Waals surface area contributed by atoms with Gasteiger partial charge in [-0.05, 0) is 30.3 Å². The van der Waals surface area contributed by atoms with Crippen LogP contribution >= 0.6 is 36.4 Å². The lowest BCUT2D eigenvalue weighted by Crippen LogP contribution is -2.49. The fraction of sp³-hybridized carbons (Fsp3) is 0.238. The maximum absolute atomic E-state index is 13.7. The van der Waals surface area contributed by atoms with Gasteiger partial charge in [-0.3, -0.25) is 14.3 Å². The molecule has 31 heavy (non-hydrogen) atoms. The van der Waals surface area contributed by atoms with Crippen molar-refractivity contribution in [1.29, 1.82) is 0 Å². The van der Waals surface area contributed by atoms with E-state index in [-0.39, 0.29) is 43.0 Å². The van der Waals surface area contributed by atoms with Crippen LogP contribution in [-0.4, -0.2) is 53.1 Å². The standard InChI is InChI=1S/C21H21ClFN5O.2ClH/c22-16-4-3-5-17(14-16)28-9-8-24-21(28)27-12-10-26(11-13-27)15-20(29)25-19-7-2-1-6-18(19)23;;/h1-9,14H,10-13,15H2,(H,25,29);2*1H. The molecule has 1 aliphatic rings. The van der Waals surface area contributed by atoms with Gasteiger partial charge in [-0.1, -0.05) is 29.8 Å². The molecule has 1 aliphatic heterocycles. The summed E-state index contributed by atoms with van der Waals surface area (Å²) in [5.74, 6) is 0.199. The highest BCUT2D eigenvalue weighted by Gasteiger charge is 2.22. The molecule has 6 nitrogen and oxygen atoms in total. The molecule has 1 aromatic heterocycles. The van der Waals surface area contributed by atoms with E-state index in [9.17, 15) is 9.18 Å². The average molecular weight is 487 g/mol. The predicted molar refractivity (Wildman–Crippen MR) is 127 cm³/mol. The Balaban J connectivity index is 0.00000171. The summed E-state index contributed by atoms with van der Waals surface area (Å²) in [5, 5.41) is 3.31. The van der Waals surface area contributed by atoms with Gasteiger partial charge in [0.2, 0.25) is 11.9 Å². The Morgan fingerprint density at radius 3 is 2.52 bits per heavy atom. The van der Waals surface area contributed by atoms with E-state index in [0.29, 0.717) is 18.1 Å². The quantitative estimate of drug-likeness (QED) is 0.585. The first-order valence-electron chi connectivity index (χ1n) is 9.41. The summed E-state index contributed by atoms with van der Waals surface area (Å²) in [6, 6.07) is 13.8. The molecule has 0 bridgehead atoms. The molecule has 2 heterocycles. The maximum atomic E-state index is 13.7. The number of anilines is 2. The van der Waals surface area contributed by atoms with Gasteiger partial charge in [0.25, 0.3) is 0 Å². The minimum atomic E-state index is -0.432. The number of halogens is 4. The van der Waals surface area contributed by atoms with Crippen molar-refractivity contribution in [3.8, 4) is 5.69 Å². The molecule has 0 spiro atoms. The Bertz CT molecular complexity index is 1010. The van der Waals surface area contributed by atoms with E-state index in [1.54, 1.807) is 24.4 Å². The average Bonchev–Trinajstić information content (AvgIpc) is 3.20. The topological polar surface area (TPSA) is 53.4 Å². The number of rotatable bonds is 5. The van der Waals surface area contributed by atoms with E-state index in [2.05, 4.69) is 20.1 Å². The summed E-state index contributed by atoms with van der Waals surface area (Å²) in [5.41, 5.74) is 1.16. The molecular formula is C21H23Cl3FN5O. The first kappa shape index (κ1) is 24.9. The molecule has 0 aliphatic carbocycles. The third-order valence-electron chi connectivity index (χ3n) is 4.88. The molecule has 1 saturated heterocycles. The third kappa shape index (κ3) is 6.11. The largest absolute Gasteiger partial charge is 0.339 e. The van der Waals surface area contributed by atoms with Gasteiger partial charge in [0.05, 0.1) is 12.2 Å². The number of nitrogens with one attached hydrogen (secondary N) is 1. The number of hydrogen-bond donors (Lipinski definition) is 1. The fourth-order valence-electron chi connectivity index (χ4n) is 3.42. The molecule has 4 rings (SSSR count). The van der Waals surface area contributed by atoms with Crippen LogP contribution in [0.3, 0.4) is 0 Å². The van der Waals surface area contributed by atoms with Crippen LogP contribution in [0.5, 0.6) is 0 Å². The van der Waals surface area contributed by atoms with Crippen molar-refractivity contribution in [2.24, 2.45) is 0 Å². The van der Waals surface area contributed by atoms with Gasteiger partial charge < -0.3 is 10.2 Å². The molecule has 0 radical (unpaired) electrons. The van der Waals surface area contributed by atoms with Gasteiger partial charge in [0.1, 0.15) is 5.82 Å². The Morgan fingerprint density at radius 2 is 1.81 bits per heavy atom. The zero-order chi connectivity index (χ0) is 20.2. The van der Waals surface area contributed by atoms with Crippen LogP contribution < -0.4 is 10.2 Å². The molecular weight excluding hydrogens is 464 g/mol. The predicted octanol–water partition coefficient (Wildman–Crippen LogP) is 4.27. The Morgan fingerprint density at radius 1 is 1.06 bits per heavy atom. The smallest absolute Gasteiger partial charge is 0.238 e. The molecule has 166 valence electrons. The molecule has 1 amide bonds. The first-order chi connectivity index (χ1) is 14.1. The highest BCUT2D eigenvalue weighted by molar-refractivity contribution is 6.30. The second-order valence-electron chi connectivity index (χ2n) is 6.87. The molecule has 1 fully saturated rings. The number of hydrogen-bond acceptors (Lipinski definition) is 4. The second kappa shape index (κ2) is 11.3. The number of imidazole rings is 1. The number of aromatic nitrogens is 2. The minimum Gasteiger partial charge on any atom is -0.339 e. The van der Waals surface area contributed by atoms with E-state index in [1.807, 2.05) is 35.0 Å². The van der Waals surface area contributed by atoms with Gasteiger partial charge in [-0.25, -0.2) is 9.37 Å². The van der Waals surface area contributed by atoms with Crippen LogP contribution in [0.4, 0.5) is 16.0 Å². The number of benzene rings is 2. The number of nitrogens with zero attached hydrogens (tertiary/aromatic N) is 4. The lowest BCUT2D eigenvalue weighted by molar-refractivity contribution is -0.117. The number of carbonyl (C=O) groups is 1. The SMILES string of the molecule is Cl.Cl.O=C(CN1CCN(c2nccn2-c2cccc(Cl)c2)CC1)Nc1ccccc1F. The van der Waals surface area contributed by atoms with Crippen molar-refractivity contribution in [3.63, 3.8) is 0 Å². The van der Waals surface area contributed by atoms with E-state index >= 15 is 0 Å². The summed E-state index contributed by atoms with van der Waals surface area (Å²) >= 11 is 6.12. The van der Waals surface area contributed by atoms with Crippen molar-refractivity contribution in [3.05, 3.63) is 71.8 Å². The van der Waals surface area contributed by atoms with Crippen LogP contribution in [0.25, 0.3) is 5.69 Å². The zero-order valence-electron chi connectivity index (χ0n) is 16.6. The molecule has 0 atom stereocenters. The number of para-hydroxylation sites is 1. The zero-order valence-corrected chi connectivity index (χ0v) is 19.0. The third-order valence-corrected chi connectivity index (χ3v) is 5.11. The maximum Gasteiger partial charge on any atom is 0.238 e. The van der Waals surface area contributed by atoms with Crippen LogP contribution in [0.1, 0.15) is 0 Å². The lowest BCUT2D eigenvalue weighted by Gasteiger charge is -2.35. The summed E-state index contributed by atoms with van der Waals surface area (Å²) in [7, 11) is 0. The van der Waals surface area contributed by atoms with E-state index in [0.717, 1.165) is 24.7 Å². The van der Waals surface area contributed by atoms with Gasteiger partial charge in [0.15, 0.2) is 0 Å². The summed E-state index contributed by atoms with van der Waals surface area (Å²) in [4.78, 5) is 21.0. The van der Waals surface area contributed by atoms with Crippen molar-refractivity contribution in [2.75, 3.05) is 42.9 Å². The van der Waals surface area contributed by atoms with Crippen molar-refractivity contribution in [2.45, 2.75) is 0 Å². The molecule has 10 heteroatoms. The van der Waals surface area contributed by atoms with Gasteiger partial charge in [-0.15, -0.1) is 24.8 Å². The van der Waals surface area contributed by atoms with E-state index < -0.39 is 5.82 Å². The highest BCUT2D eigenvalue weighted by atomic mass is 35.5. The molecule has 3 aromatic rings. The van der Waals surface area contributed by atoms with Crippen molar-refractivity contribution in [1.82, 2.24) is 14.5 Å². The van der Waals surface area contributed by atoms with Crippen molar-refractivity contribution >= 4 is 54.0 Å². The second-order valence-corrected chi connectivity index (χ2v) is 7.30. The minimum absolute atomic E-state index is 0. The van der Waals surface area contributed by atoms with E-state index in [1.165, 1.54) is 6.07 Å². The number of piperazine rings is 1. The van der Waals surface area contributed by atoms with Gasteiger partial charge >= 0.3 is 0 Å². The molecule has 2 aromatic carbocycles. The normalized spacial score (nSPS) is 13.8. The number of carbonyl (C=O) groups excluding carboxylic acids is 1. The first-order valence-corrected chi connectivity index (χ1v) is 9.79. The molecule has 1 N–H and O–H groups in total. The Hall–Kier alpha value is -2.32. The monoisotopic (exact) mass is 485 g/mol. The lowest BCUT2D eigenvalue weighted by atomic mass is 10.3. The summed E-state index contributed by atoms with van der Waals surface area (Å²) < 4.78 is 15.7. The highest BCUT2D eigenvalue weighted by Crippen LogP contribution is 2.22. The summed E-state index contributed by atoms with van der Waals surface area (Å²) in [6.45, 7) is 3.14. The van der Waals surface area contributed by atoms with Gasteiger partial charge in [-0.2, -0.15) is 0 Å². The van der Waals surface area contributed by atoms with Crippen LogP contribution in [0, 0.1) is 5.82 Å². The molecule has 0 saturated carbocycles. The van der Waals surface area contributed by atoms with E-state index in [4.69, 9.17) is 11.6 Å². The number of amides is 1.